The van der Waals surface area contributed by atoms with Crippen LogP contribution in [0.1, 0.15) is 44.2 Å². The molecule has 5 nitrogen and oxygen atoms in total. The molecule has 0 heterocycles. The van der Waals surface area contributed by atoms with Crippen molar-refractivity contribution in [1.82, 2.24) is 10.6 Å². The molecule has 0 aliphatic heterocycles. The van der Waals surface area contributed by atoms with Crippen molar-refractivity contribution in [2.75, 3.05) is 6.54 Å². The summed E-state index contributed by atoms with van der Waals surface area (Å²) in [5.41, 5.74) is 5.79. The fourth-order valence-corrected chi connectivity index (χ4v) is 2.62. The molecule has 1 rings (SSSR count). The highest BCUT2D eigenvalue weighted by Crippen LogP contribution is 2.26. The van der Waals surface area contributed by atoms with E-state index >= 15 is 0 Å². The van der Waals surface area contributed by atoms with E-state index < -0.39 is 6.03 Å². The van der Waals surface area contributed by atoms with Crippen molar-refractivity contribution in [3.05, 3.63) is 33.8 Å². The first-order valence-corrected chi connectivity index (χ1v) is 7.93. The Morgan fingerprint density at radius 2 is 1.95 bits per heavy atom. The van der Waals surface area contributed by atoms with Crippen LogP contribution in [0.25, 0.3) is 0 Å². The van der Waals surface area contributed by atoms with Gasteiger partial charge >= 0.3 is 6.03 Å². The summed E-state index contributed by atoms with van der Waals surface area (Å²) < 4.78 is 0. The number of nitrogens with two attached hydrogens (primary N) is 1. The van der Waals surface area contributed by atoms with E-state index in [0.717, 1.165) is 24.8 Å². The van der Waals surface area contributed by atoms with Crippen LogP contribution in [0.2, 0.25) is 10.0 Å². The van der Waals surface area contributed by atoms with Crippen molar-refractivity contribution in [3.8, 4) is 0 Å². The molecule has 1 aromatic carbocycles. The molecular formula is C15H21Cl2N3O2. The summed E-state index contributed by atoms with van der Waals surface area (Å²) >= 11 is 12.0. The summed E-state index contributed by atoms with van der Waals surface area (Å²) in [6, 6.07) is 4.52. The minimum absolute atomic E-state index is 0.0265. The number of halogens is 2. The molecule has 4 N–H and O–H groups in total. The molecule has 0 aliphatic rings. The maximum Gasteiger partial charge on any atom is 0.312 e. The fraction of sp³-hybridized carbons (Fsp3) is 0.467. The maximum atomic E-state index is 11.9. The number of amides is 3. The van der Waals surface area contributed by atoms with Crippen LogP contribution in [0.15, 0.2) is 18.2 Å². The fourth-order valence-electron chi connectivity index (χ4n) is 2.04. The van der Waals surface area contributed by atoms with E-state index in [4.69, 9.17) is 28.9 Å². The van der Waals surface area contributed by atoms with Gasteiger partial charge in [-0.1, -0.05) is 35.7 Å². The largest absolute Gasteiger partial charge is 0.352 e. The second kappa shape index (κ2) is 9.54. The summed E-state index contributed by atoms with van der Waals surface area (Å²) in [5.74, 6) is -0.0265. The van der Waals surface area contributed by atoms with Crippen LogP contribution in [0, 0.1) is 0 Å². The number of carbonyl (C=O) groups excluding carboxylic acids is 2. The first kappa shape index (κ1) is 18.6. The van der Waals surface area contributed by atoms with Crippen molar-refractivity contribution in [2.45, 2.75) is 38.6 Å². The number of nitrogens with one attached hydrogen (secondary N) is 2. The van der Waals surface area contributed by atoms with Gasteiger partial charge in [0.05, 0.1) is 6.04 Å². The zero-order valence-electron chi connectivity index (χ0n) is 12.5. The predicted octanol–water partition coefficient (Wildman–Crippen LogP) is 3.40. The monoisotopic (exact) mass is 345 g/mol. The van der Waals surface area contributed by atoms with Gasteiger partial charge in [-0.3, -0.25) is 4.79 Å². The van der Waals surface area contributed by atoms with Crippen LogP contribution >= 0.6 is 23.2 Å². The Hall–Kier alpha value is -1.46. The summed E-state index contributed by atoms with van der Waals surface area (Å²) in [7, 11) is 0. The molecule has 1 aromatic rings. The van der Waals surface area contributed by atoms with Crippen molar-refractivity contribution in [3.63, 3.8) is 0 Å². The van der Waals surface area contributed by atoms with Crippen molar-refractivity contribution >= 4 is 35.1 Å². The first-order valence-electron chi connectivity index (χ1n) is 7.17. The van der Waals surface area contributed by atoms with Gasteiger partial charge in [0.1, 0.15) is 0 Å². The van der Waals surface area contributed by atoms with Crippen molar-refractivity contribution in [1.29, 1.82) is 0 Å². The Labute approximate surface area is 140 Å². The highest BCUT2D eigenvalue weighted by molar-refractivity contribution is 6.35. The summed E-state index contributed by atoms with van der Waals surface area (Å²) in [6.07, 6.45) is 2.85. The average molecular weight is 346 g/mol. The third-order valence-electron chi connectivity index (χ3n) is 3.19. The first-order chi connectivity index (χ1) is 10.4. The lowest BCUT2D eigenvalue weighted by atomic mass is 10.1. The lowest BCUT2D eigenvalue weighted by Crippen LogP contribution is -2.30. The third kappa shape index (κ3) is 7.00. The zero-order valence-corrected chi connectivity index (χ0v) is 14.0. The Bertz CT molecular complexity index is 524. The van der Waals surface area contributed by atoms with Gasteiger partial charge in [0.15, 0.2) is 0 Å². The Morgan fingerprint density at radius 3 is 2.59 bits per heavy atom. The van der Waals surface area contributed by atoms with E-state index in [-0.39, 0.29) is 11.9 Å². The lowest BCUT2D eigenvalue weighted by molar-refractivity contribution is -0.121. The number of rotatable bonds is 8. The maximum absolute atomic E-state index is 11.9. The normalized spacial score (nSPS) is 11.8. The highest BCUT2D eigenvalue weighted by atomic mass is 35.5. The molecular weight excluding hydrogens is 325 g/mol. The predicted molar refractivity (Wildman–Crippen MR) is 89.1 cm³/mol. The molecule has 0 aliphatic carbocycles. The highest BCUT2D eigenvalue weighted by Gasteiger charge is 2.12. The minimum Gasteiger partial charge on any atom is -0.352 e. The van der Waals surface area contributed by atoms with E-state index in [0.29, 0.717) is 23.0 Å². The Morgan fingerprint density at radius 1 is 1.23 bits per heavy atom. The Kier molecular flexibility index (Phi) is 8.06. The summed E-state index contributed by atoms with van der Waals surface area (Å²) in [5, 5.41) is 6.53. The van der Waals surface area contributed by atoms with E-state index in [1.807, 2.05) is 13.0 Å². The van der Waals surface area contributed by atoms with Crippen LogP contribution in [0.3, 0.4) is 0 Å². The average Bonchev–Trinajstić information content (AvgIpc) is 2.42. The minimum atomic E-state index is -0.522. The zero-order chi connectivity index (χ0) is 16.5. The molecule has 0 aromatic heterocycles. The van der Waals surface area contributed by atoms with Gasteiger partial charge in [0.2, 0.25) is 5.91 Å². The number of unbranched alkanes of at least 4 members (excludes halogenated alkanes) is 2. The standard InChI is InChI=1S/C15H21Cl2N3O2/c1-10(12-7-6-11(16)9-13(12)17)20-14(21)5-3-2-4-8-19-15(18)22/h6-7,9-10H,2-5,8H2,1H3,(H,20,21)(H3,18,19,22)/t10-/m0/s1. The molecule has 0 radical (unpaired) electrons. The third-order valence-corrected chi connectivity index (χ3v) is 3.75. The molecule has 1 atom stereocenters. The van der Waals surface area contributed by atoms with Crippen molar-refractivity contribution in [2.24, 2.45) is 5.73 Å². The second-order valence-electron chi connectivity index (χ2n) is 5.06. The van der Waals surface area contributed by atoms with Crippen LogP contribution in [0.5, 0.6) is 0 Å². The number of hydrogen-bond donors (Lipinski definition) is 3. The van der Waals surface area contributed by atoms with E-state index in [2.05, 4.69) is 10.6 Å². The number of carbonyl (C=O) groups is 2. The molecule has 0 saturated heterocycles. The number of benzene rings is 1. The van der Waals surface area contributed by atoms with Gasteiger partial charge < -0.3 is 16.4 Å². The molecule has 0 spiro atoms. The Balaban J connectivity index is 2.28. The molecule has 0 saturated carbocycles. The topological polar surface area (TPSA) is 84.2 Å². The van der Waals surface area contributed by atoms with Crippen LogP contribution < -0.4 is 16.4 Å². The van der Waals surface area contributed by atoms with Gasteiger partial charge in [0.25, 0.3) is 0 Å². The van der Waals surface area contributed by atoms with Crippen LogP contribution in [-0.2, 0) is 4.79 Å². The van der Waals surface area contributed by atoms with E-state index in [1.54, 1.807) is 12.1 Å². The van der Waals surface area contributed by atoms with Gasteiger partial charge in [-0.05, 0) is 37.5 Å². The molecule has 0 unspecified atom stereocenters. The van der Waals surface area contributed by atoms with Gasteiger partial charge in [0, 0.05) is 23.0 Å². The van der Waals surface area contributed by atoms with Crippen molar-refractivity contribution < 1.29 is 9.59 Å². The number of primary amides is 1. The SMILES string of the molecule is C[C@H](NC(=O)CCCCCNC(N)=O)c1ccc(Cl)cc1Cl. The smallest absolute Gasteiger partial charge is 0.312 e. The lowest BCUT2D eigenvalue weighted by Gasteiger charge is -2.16. The number of urea groups is 1. The van der Waals surface area contributed by atoms with E-state index in [9.17, 15) is 9.59 Å². The molecule has 22 heavy (non-hydrogen) atoms. The van der Waals surface area contributed by atoms with Gasteiger partial charge in [-0.25, -0.2) is 4.79 Å². The van der Waals surface area contributed by atoms with Crippen LogP contribution in [0.4, 0.5) is 4.79 Å². The van der Waals surface area contributed by atoms with Gasteiger partial charge in [-0.2, -0.15) is 0 Å². The second-order valence-corrected chi connectivity index (χ2v) is 5.90. The van der Waals surface area contributed by atoms with Gasteiger partial charge in [-0.15, -0.1) is 0 Å². The number of hydrogen-bond acceptors (Lipinski definition) is 2. The van der Waals surface area contributed by atoms with Crippen LogP contribution in [-0.4, -0.2) is 18.5 Å². The summed E-state index contributed by atoms with van der Waals surface area (Å²) in [4.78, 5) is 22.3. The molecule has 0 bridgehead atoms. The summed E-state index contributed by atoms with van der Waals surface area (Å²) in [6.45, 7) is 2.41. The molecule has 7 heteroatoms. The molecule has 122 valence electrons. The quantitative estimate of drug-likeness (QED) is 0.630. The van der Waals surface area contributed by atoms with E-state index in [1.165, 1.54) is 0 Å². The molecule has 3 amide bonds. The molecule has 0 fully saturated rings.